The smallest absolute Gasteiger partial charge is 0.325 e. The third-order valence-electron chi connectivity index (χ3n) is 3.92. The number of alkyl halides is 3. The Morgan fingerprint density at radius 2 is 1.83 bits per heavy atom. The van der Waals surface area contributed by atoms with E-state index in [0.29, 0.717) is 6.54 Å². The topological polar surface area (TPSA) is 32.3 Å². The van der Waals surface area contributed by atoms with Crippen LogP contribution in [-0.4, -0.2) is 30.4 Å². The molecule has 0 bridgehead atoms. The Bertz CT molecular complexity index is 541. The van der Waals surface area contributed by atoms with Crippen molar-refractivity contribution in [3.63, 3.8) is 0 Å². The monoisotopic (exact) mass is 348 g/mol. The number of nitrogens with zero attached hydrogens (tertiary/aromatic N) is 1. The lowest BCUT2D eigenvalue weighted by Gasteiger charge is -2.19. The van der Waals surface area contributed by atoms with Gasteiger partial charge in [-0.3, -0.25) is 4.79 Å². The first-order valence-electron chi connectivity index (χ1n) is 7.75. The van der Waals surface area contributed by atoms with Gasteiger partial charge in [0, 0.05) is 13.0 Å². The molecule has 7 heteroatoms. The molecular weight excluding hydrogens is 329 g/mol. The van der Waals surface area contributed by atoms with E-state index in [1.54, 1.807) is 0 Å². The van der Waals surface area contributed by atoms with Gasteiger partial charge in [0.25, 0.3) is 0 Å². The van der Waals surface area contributed by atoms with E-state index >= 15 is 0 Å². The van der Waals surface area contributed by atoms with Crippen molar-refractivity contribution in [3.8, 4) is 0 Å². The van der Waals surface area contributed by atoms with Crippen LogP contribution in [0.3, 0.4) is 0 Å². The number of anilines is 1. The number of benzene rings is 1. The molecule has 1 aliphatic rings. The predicted octanol–water partition coefficient (Wildman–Crippen LogP) is 4.56. The molecule has 1 aromatic carbocycles. The molecule has 1 amide bonds. The van der Waals surface area contributed by atoms with Gasteiger partial charge in [-0.2, -0.15) is 13.2 Å². The number of amides is 1. The highest BCUT2D eigenvalue weighted by Gasteiger charge is 2.31. The van der Waals surface area contributed by atoms with Crippen LogP contribution in [0.1, 0.15) is 37.7 Å². The molecule has 0 spiro atoms. The lowest BCUT2D eigenvalue weighted by molar-refractivity contribution is -0.137. The van der Waals surface area contributed by atoms with Gasteiger partial charge in [-0.05, 0) is 44.1 Å². The second-order valence-electron chi connectivity index (χ2n) is 5.75. The summed E-state index contributed by atoms with van der Waals surface area (Å²) >= 11 is 5.87. The maximum atomic E-state index is 12.7. The average molecular weight is 349 g/mol. The van der Waals surface area contributed by atoms with Crippen LogP contribution in [0, 0.1) is 0 Å². The molecule has 1 heterocycles. The number of carbonyl (C=O) groups is 1. The zero-order chi connectivity index (χ0) is 16.9. The van der Waals surface area contributed by atoms with Gasteiger partial charge in [0.2, 0.25) is 5.91 Å². The van der Waals surface area contributed by atoms with Crippen LogP contribution in [0.15, 0.2) is 18.2 Å². The van der Waals surface area contributed by atoms with E-state index in [9.17, 15) is 18.0 Å². The second kappa shape index (κ2) is 8.02. The Hall–Kier alpha value is -1.27. The Balaban J connectivity index is 1.91. The molecule has 23 heavy (non-hydrogen) atoms. The van der Waals surface area contributed by atoms with Gasteiger partial charge in [0.15, 0.2) is 0 Å². The standard InChI is InChI=1S/C16H20ClF3N2O/c17-13-6-5-12(16(18,19)20)11-14(13)21-15(23)7-10-22-8-3-1-2-4-9-22/h5-6,11H,1-4,7-10H2,(H,21,23). The highest BCUT2D eigenvalue weighted by Crippen LogP contribution is 2.33. The van der Waals surface area contributed by atoms with E-state index in [-0.39, 0.29) is 23.0 Å². The summed E-state index contributed by atoms with van der Waals surface area (Å²) in [7, 11) is 0. The van der Waals surface area contributed by atoms with Crippen molar-refractivity contribution in [2.45, 2.75) is 38.3 Å². The van der Waals surface area contributed by atoms with E-state index in [0.717, 1.165) is 44.1 Å². The summed E-state index contributed by atoms with van der Waals surface area (Å²) in [5, 5.41) is 2.58. The zero-order valence-corrected chi connectivity index (χ0v) is 13.5. The summed E-state index contributed by atoms with van der Waals surface area (Å²) in [6.07, 6.45) is 0.454. The summed E-state index contributed by atoms with van der Waals surface area (Å²) in [6, 6.07) is 2.91. The fraction of sp³-hybridized carbons (Fsp3) is 0.562. The fourth-order valence-electron chi connectivity index (χ4n) is 2.63. The first kappa shape index (κ1) is 18.1. The highest BCUT2D eigenvalue weighted by atomic mass is 35.5. The lowest BCUT2D eigenvalue weighted by atomic mass is 10.2. The maximum Gasteiger partial charge on any atom is 0.416 e. The van der Waals surface area contributed by atoms with Crippen LogP contribution in [0.5, 0.6) is 0 Å². The van der Waals surface area contributed by atoms with Crippen molar-refractivity contribution in [1.29, 1.82) is 0 Å². The number of halogens is 4. The molecule has 3 nitrogen and oxygen atoms in total. The third kappa shape index (κ3) is 5.70. The number of carbonyl (C=O) groups excluding carboxylic acids is 1. The number of hydrogen-bond donors (Lipinski definition) is 1. The number of rotatable bonds is 4. The van der Waals surface area contributed by atoms with Crippen LogP contribution < -0.4 is 5.32 Å². The summed E-state index contributed by atoms with van der Waals surface area (Å²) in [5.74, 6) is -0.324. The van der Waals surface area contributed by atoms with Gasteiger partial charge < -0.3 is 10.2 Å². The highest BCUT2D eigenvalue weighted by molar-refractivity contribution is 6.33. The van der Waals surface area contributed by atoms with Crippen LogP contribution in [0.4, 0.5) is 18.9 Å². The molecule has 1 N–H and O–H groups in total. The molecule has 0 unspecified atom stereocenters. The van der Waals surface area contributed by atoms with Gasteiger partial charge in [-0.15, -0.1) is 0 Å². The SMILES string of the molecule is O=C(CCN1CCCCCC1)Nc1cc(C(F)(F)F)ccc1Cl. The van der Waals surface area contributed by atoms with E-state index in [4.69, 9.17) is 11.6 Å². The molecule has 0 atom stereocenters. The van der Waals surface area contributed by atoms with Gasteiger partial charge in [-0.25, -0.2) is 0 Å². The number of likely N-dealkylation sites (tertiary alicyclic amines) is 1. The summed E-state index contributed by atoms with van der Waals surface area (Å²) in [4.78, 5) is 14.2. The molecule has 0 radical (unpaired) electrons. The van der Waals surface area contributed by atoms with Gasteiger partial charge >= 0.3 is 6.18 Å². The first-order valence-corrected chi connectivity index (χ1v) is 8.13. The first-order chi connectivity index (χ1) is 10.9. The summed E-state index contributed by atoms with van der Waals surface area (Å²) < 4.78 is 38.1. The summed E-state index contributed by atoms with van der Waals surface area (Å²) in [5.41, 5.74) is -0.827. The second-order valence-corrected chi connectivity index (χ2v) is 6.15. The van der Waals surface area contributed by atoms with E-state index in [1.165, 1.54) is 12.8 Å². The van der Waals surface area contributed by atoms with Crippen LogP contribution in [0.2, 0.25) is 5.02 Å². The minimum Gasteiger partial charge on any atom is -0.325 e. The third-order valence-corrected chi connectivity index (χ3v) is 4.25. The number of hydrogen-bond acceptors (Lipinski definition) is 2. The molecule has 0 aromatic heterocycles. The van der Waals surface area contributed by atoms with Crippen LogP contribution >= 0.6 is 11.6 Å². The van der Waals surface area contributed by atoms with Gasteiger partial charge in [0.1, 0.15) is 0 Å². The van der Waals surface area contributed by atoms with Crippen LogP contribution in [0.25, 0.3) is 0 Å². The summed E-state index contributed by atoms with van der Waals surface area (Å²) in [6.45, 7) is 2.55. The Labute approximate surface area is 138 Å². The van der Waals surface area contributed by atoms with Crippen molar-refractivity contribution in [2.75, 3.05) is 25.0 Å². The van der Waals surface area contributed by atoms with Crippen molar-refractivity contribution in [1.82, 2.24) is 4.90 Å². The van der Waals surface area contributed by atoms with Crippen molar-refractivity contribution in [2.24, 2.45) is 0 Å². The minimum atomic E-state index is -4.46. The normalized spacial score (nSPS) is 16.9. The Kier molecular flexibility index (Phi) is 6.30. The molecule has 0 aliphatic carbocycles. The van der Waals surface area contributed by atoms with Crippen molar-refractivity contribution < 1.29 is 18.0 Å². The molecule has 1 saturated heterocycles. The van der Waals surface area contributed by atoms with Crippen molar-refractivity contribution in [3.05, 3.63) is 28.8 Å². The molecule has 2 rings (SSSR count). The number of nitrogens with one attached hydrogen (secondary N) is 1. The lowest BCUT2D eigenvalue weighted by Crippen LogP contribution is -2.28. The van der Waals surface area contributed by atoms with Crippen molar-refractivity contribution >= 4 is 23.2 Å². The molecule has 128 valence electrons. The molecular formula is C16H20ClF3N2O. The van der Waals surface area contributed by atoms with Gasteiger partial charge in [-0.1, -0.05) is 24.4 Å². The average Bonchev–Trinajstić information content (AvgIpc) is 2.75. The molecule has 1 aromatic rings. The van der Waals surface area contributed by atoms with Gasteiger partial charge in [0.05, 0.1) is 16.3 Å². The molecule has 1 aliphatic heterocycles. The Morgan fingerprint density at radius 1 is 1.17 bits per heavy atom. The predicted molar refractivity (Wildman–Crippen MR) is 84.6 cm³/mol. The van der Waals surface area contributed by atoms with E-state index < -0.39 is 11.7 Å². The largest absolute Gasteiger partial charge is 0.416 e. The maximum absolute atomic E-state index is 12.7. The van der Waals surface area contributed by atoms with Crippen LogP contribution in [-0.2, 0) is 11.0 Å². The van der Waals surface area contributed by atoms with E-state index in [1.807, 2.05) is 0 Å². The quantitative estimate of drug-likeness (QED) is 0.864. The molecule has 1 fully saturated rings. The Morgan fingerprint density at radius 3 is 2.43 bits per heavy atom. The van der Waals surface area contributed by atoms with E-state index in [2.05, 4.69) is 10.2 Å². The fourth-order valence-corrected chi connectivity index (χ4v) is 2.79. The zero-order valence-electron chi connectivity index (χ0n) is 12.8. The minimum absolute atomic E-state index is 0.00218. The molecule has 0 saturated carbocycles.